The van der Waals surface area contributed by atoms with Gasteiger partial charge in [0.2, 0.25) is 11.8 Å². The van der Waals surface area contributed by atoms with Gasteiger partial charge >= 0.3 is 0 Å². The fourth-order valence-electron chi connectivity index (χ4n) is 2.47. The number of hydrogen-bond acceptors (Lipinski definition) is 8. The van der Waals surface area contributed by atoms with Crippen LogP contribution in [0.25, 0.3) is 0 Å². The van der Waals surface area contributed by atoms with Gasteiger partial charge in [-0.25, -0.2) is 4.99 Å². The minimum atomic E-state index is -0.925. The summed E-state index contributed by atoms with van der Waals surface area (Å²) in [5.41, 5.74) is 6.88. The number of nitrogens with one attached hydrogen (secondary N) is 3. The summed E-state index contributed by atoms with van der Waals surface area (Å²) in [4.78, 5) is 43.7. The summed E-state index contributed by atoms with van der Waals surface area (Å²) in [5, 5.41) is 16.7. The molecule has 0 radical (unpaired) electrons. The number of hydrogen-bond donors (Lipinski definition) is 5. The van der Waals surface area contributed by atoms with E-state index < -0.39 is 35.7 Å². The number of carbonyl (C=O) groups excluding carboxylic acids is 3. The maximum atomic E-state index is 12.5. The Morgan fingerprint density at radius 3 is 2.52 bits per heavy atom. The maximum absolute atomic E-state index is 12.5. The van der Waals surface area contributed by atoms with Crippen LogP contribution >= 0.6 is 11.8 Å². The molecule has 0 fully saturated rings. The highest BCUT2D eigenvalue weighted by Crippen LogP contribution is 2.26. The van der Waals surface area contributed by atoms with Crippen LogP contribution in [0, 0.1) is 0 Å². The minimum Gasteiger partial charge on any atom is -0.387 e. The molecule has 0 saturated heterocycles. The summed E-state index contributed by atoms with van der Waals surface area (Å²) in [6, 6.07) is 8.70. The average molecular weight is 414 g/mol. The first-order valence-corrected chi connectivity index (χ1v) is 9.36. The third kappa shape index (κ3) is 5.30. The van der Waals surface area contributed by atoms with Crippen LogP contribution in [-0.4, -0.2) is 51.0 Å². The lowest BCUT2D eigenvalue weighted by Crippen LogP contribution is -2.44. The monoisotopic (exact) mass is 414 g/mol. The number of primary amides is 1. The predicted molar refractivity (Wildman–Crippen MR) is 109 cm³/mol. The zero-order chi connectivity index (χ0) is 20.8. The van der Waals surface area contributed by atoms with Gasteiger partial charge in [-0.1, -0.05) is 11.8 Å². The first kappa shape index (κ1) is 20.3. The van der Waals surface area contributed by atoms with Gasteiger partial charge in [0.1, 0.15) is 12.0 Å². The fraction of sp³-hybridized carbons (Fsp3) is 0.167. The molecule has 10 nitrogen and oxygen atoms in total. The summed E-state index contributed by atoms with van der Waals surface area (Å²) in [5.74, 6) is -1.64. The predicted octanol–water partition coefficient (Wildman–Crippen LogP) is 0.137. The van der Waals surface area contributed by atoms with Crippen molar-refractivity contribution in [3.05, 3.63) is 54.4 Å². The van der Waals surface area contributed by atoms with Crippen LogP contribution in [-0.2, 0) is 9.59 Å². The van der Waals surface area contributed by atoms with Crippen molar-refractivity contribution in [1.29, 1.82) is 0 Å². The van der Waals surface area contributed by atoms with E-state index >= 15 is 0 Å². The number of aliphatic hydroxyl groups is 1. The van der Waals surface area contributed by atoms with Crippen molar-refractivity contribution in [3.63, 3.8) is 0 Å². The molecule has 1 aromatic heterocycles. The van der Waals surface area contributed by atoms with E-state index in [1.54, 1.807) is 24.5 Å². The number of rotatable bonds is 6. The number of carbonyl (C=O) groups is 3. The van der Waals surface area contributed by atoms with Crippen molar-refractivity contribution < 1.29 is 19.5 Å². The Hall–Kier alpha value is -3.44. The van der Waals surface area contributed by atoms with Crippen LogP contribution in [0.3, 0.4) is 0 Å². The van der Waals surface area contributed by atoms with Crippen LogP contribution < -0.4 is 21.7 Å². The minimum absolute atomic E-state index is 0.324. The van der Waals surface area contributed by atoms with Gasteiger partial charge in [-0.05, 0) is 36.4 Å². The summed E-state index contributed by atoms with van der Waals surface area (Å²) in [6.45, 7) is -0.634. The maximum Gasteiger partial charge on any atom is 0.252 e. The molecule has 1 aliphatic rings. The van der Waals surface area contributed by atoms with Gasteiger partial charge in [0.05, 0.1) is 11.9 Å². The molecule has 1 aromatic carbocycles. The largest absolute Gasteiger partial charge is 0.387 e. The molecule has 3 amide bonds. The first-order chi connectivity index (χ1) is 14.0. The van der Waals surface area contributed by atoms with Crippen molar-refractivity contribution in [2.24, 2.45) is 10.7 Å². The van der Waals surface area contributed by atoms with Gasteiger partial charge < -0.3 is 26.8 Å². The number of anilines is 2. The second kappa shape index (κ2) is 9.17. The lowest BCUT2D eigenvalue weighted by molar-refractivity contribution is -0.119. The Morgan fingerprint density at radius 2 is 1.90 bits per heavy atom. The number of amides is 3. The number of nitrogens with two attached hydrogens (primary N) is 1. The Morgan fingerprint density at radius 1 is 1.14 bits per heavy atom. The fourth-order valence-corrected chi connectivity index (χ4v) is 3.55. The van der Waals surface area contributed by atoms with Crippen LogP contribution in [0.5, 0.6) is 0 Å². The molecule has 1 aliphatic heterocycles. The van der Waals surface area contributed by atoms with Crippen LogP contribution in [0.1, 0.15) is 10.4 Å². The van der Waals surface area contributed by atoms with Crippen molar-refractivity contribution in [2.45, 2.75) is 11.4 Å². The number of aliphatic imine (C=N–C) groups is 1. The molecule has 11 heteroatoms. The van der Waals surface area contributed by atoms with E-state index in [0.29, 0.717) is 22.1 Å². The zero-order valence-electron chi connectivity index (χ0n) is 15.0. The van der Waals surface area contributed by atoms with E-state index in [1.165, 1.54) is 36.0 Å². The number of thioether (sulfide) groups is 1. The molecule has 0 saturated carbocycles. The number of pyridine rings is 1. The van der Waals surface area contributed by atoms with E-state index in [9.17, 15) is 14.4 Å². The number of aliphatic hydroxyl groups excluding tert-OH is 1. The standard InChI is InChI=1S/C18H18N6O4S/c19-15(27)14-17(29-18(23-14)22-12-2-1-7-20-8-12)24-16(28)10-3-5-11(6-4-10)21-13(26)9-25/h1-8,14,17,25H,9H2,(H2,19,27)(H,21,26)(H,22,23)(H,24,28). The molecule has 29 heavy (non-hydrogen) atoms. The highest BCUT2D eigenvalue weighted by atomic mass is 32.2. The zero-order valence-corrected chi connectivity index (χ0v) is 15.8. The number of amidine groups is 1. The second-order valence-electron chi connectivity index (χ2n) is 5.94. The highest BCUT2D eigenvalue weighted by molar-refractivity contribution is 8.15. The molecule has 2 aromatic rings. The molecule has 2 atom stereocenters. The van der Waals surface area contributed by atoms with E-state index in [0.717, 1.165) is 0 Å². The summed E-state index contributed by atoms with van der Waals surface area (Å²) >= 11 is 1.17. The van der Waals surface area contributed by atoms with Crippen molar-refractivity contribution >= 4 is 46.0 Å². The average Bonchev–Trinajstić information content (AvgIpc) is 3.11. The Kier molecular flexibility index (Phi) is 6.42. The summed E-state index contributed by atoms with van der Waals surface area (Å²) in [6.07, 6.45) is 3.23. The Labute approximate surface area is 170 Å². The molecule has 2 heterocycles. The molecular weight excluding hydrogens is 396 g/mol. The Balaban J connectivity index is 1.64. The van der Waals surface area contributed by atoms with Crippen LogP contribution in [0.2, 0.25) is 0 Å². The topological polar surface area (TPSA) is 159 Å². The molecule has 0 spiro atoms. The number of benzene rings is 1. The third-order valence-corrected chi connectivity index (χ3v) is 4.89. The van der Waals surface area contributed by atoms with E-state index in [4.69, 9.17) is 10.8 Å². The summed E-state index contributed by atoms with van der Waals surface area (Å²) < 4.78 is 0. The van der Waals surface area contributed by atoms with Crippen molar-refractivity contribution in [2.75, 3.05) is 17.2 Å². The Bertz CT molecular complexity index is 935. The summed E-state index contributed by atoms with van der Waals surface area (Å²) in [7, 11) is 0. The second-order valence-corrected chi connectivity index (χ2v) is 7.07. The molecule has 0 bridgehead atoms. The lowest BCUT2D eigenvalue weighted by atomic mass is 10.2. The molecule has 3 rings (SSSR count). The van der Waals surface area contributed by atoms with Crippen LogP contribution in [0.15, 0.2) is 53.8 Å². The molecule has 2 unspecified atom stereocenters. The van der Waals surface area contributed by atoms with Gasteiger partial charge in [0.25, 0.3) is 5.91 Å². The SMILES string of the molecule is NC(=O)C1N=C(Nc2cccnc2)SC1NC(=O)c1ccc(NC(=O)CO)cc1. The lowest BCUT2D eigenvalue weighted by Gasteiger charge is -2.16. The van der Waals surface area contributed by atoms with Gasteiger partial charge in [0.15, 0.2) is 11.2 Å². The normalized spacial score (nSPS) is 17.9. The molecular formula is C18H18N6O4S. The number of aromatic nitrogens is 1. The van der Waals surface area contributed by atoms with Crippen molar-refractivity contribution in [1.82, 2.24) is 10.3 Å². The highest BCUT2D eigenvalue weighted by Gasteiger charge is 2.35. The van der Waals surface area contributed by atoms with E-state index in [2.05, 4.69) is 25.9 Å². The van der Waals surface area contributed by atoms with Gasteiger partial charge in [0, 0.05) is 17.4 Å². The van der Waals surface area contributed by atoms with Gasteiger partial charge in [-0.15, -0.1) is 0 Å². The van der Waals surface area contributed by atoms with Crippen LogP contribution in [0.4, 0.5) is 11.4 Å². The molecule has 150 valence electrons. The number of nitrogens with zero attached hydrogens (tertiary/aromatic N) is 2. The quantitative estimate of drug-likeness (QED) is 0.449. The molecule has 0 aliphatic carbocycles. The van der Waals surface area contributed by atoms with Crippen molar-refractivity contribution in [3.8, 4) is 0 Å². The van der Waals surface area contributed by atoms with Gasteiger partial charge in [-0.3, -0.25) is 19.4 Å². The molecule has 6 N–H and O–H groups in total. The first-order valence-electron chi connectivity index (χ1n) is 8.48. The van der Waals surface area contributed by atoms with E-state index in [-0.39, 0.29) is 0 Å². The van der Waals surface area contributed by atoms with E-state index in [1.807, 2.05) is 0 Å². The third-order valence-electron chi connectivity index (χ3n) is 3.83. The smallest absolute Gasteiger partial charge is 0.252 e. The van der Waals surface area contributed by atoms with Gasteiger partial charge in [-0.2, -0.15) is 0 Å².